The second-order valence-corrected chi connectivity index (χ2v) is 7.03. The minimum atomic E-state index is -2.22. The van der Waals surface area contributed by atoms with E-state index in [2.05, 4.69) is 5.43 Å². The minimum Gasteiger partial charge on any atom is -0.478 e. The lowest BCUT2D eigenvalue weighted by molar-refractivity contribution is -0.159. The van der Waals surface area contributed by atoms with Gasteiger partial charge in [0.05, 0.1) is 11.1 Å². The van der Waals surface area contributed by atoms with E-state index in [1.165, 1.54) is 60.7 Å². The molecule has 3 aromatic carbocycles. The van der Waals surface area contributed by atoms with Crippen LogP contribution in [0.25, 0.3) is 0 Å². The first-order valence-corrected chi connectivity index (χ1v) is 10.3. The molecule has 0 fully saturated rings. The normalized spacial score (nSPS) is 11.9. The number of rotatable bonds is 8. The zero-order valence-electron chi connectivity index (χ0n) is 18.1. The van der Waals surface area contributed by atoms with Crippen molar-refractivity contribution in [3.05, 3.63) is 108 Å². The van der Waals surface area contributed by atoms with Crippen molar-refractivity contribution >= 4 is 29.7 Å². The lowest BCUT2D eigenvalue weighted by Crippen LogP contribution is -2.54. The standard InChI is InChI=1S/C25H20N2O8/c28-21(16-10-4-1-5-11-16)26-27-22(29)19(34-24(32)17-12-6-2-7-13-17)20(23(30)31)35-25(33)18-14-8-3-9-15-18/h1-15,19-20H,(H,26,28)(H,27,29)(H,30,31). The van der Waals surface area contributed by atoms with Crippen LogP contribution in [-0.2, 0) is 19.1 Å². The van der Waals surface area contributed by atoms with Gasteiger partial charge in [0.1, 0.15) is 0 Å². The second-order valence-electron chi connectivity index (χ2n) is 7.03. The highest BCUT2D eigenvalue weighted by Gasteiger charge is 2.41. The van der Waals surface area contributed by atoms with E-state index in [1.54, 1.807) is 30.3 Å². The van der Waals surface area contributed by atoms with E-state index in [-0.39, 0.29) is 16.7 Å². The zero-order valence-corrected chi connectivity index (χ0v) is 18.1. The summed E-state index contributed by atoms with van der Waals surface area (Å²) in [6.07, 6.45) is -4.35. The molecule has 0 spiro atoms. The Balaban J connectivity index is 1.82. The van der Waals surface area contributed by atoms with Crippen LogP contribution in [0.15, 0.2) is 91.0 Å². The number of benzene rings is 3. The fraction of sp³-hybridized carbons (Fsp3) is 0.0800. The van der Waals surface area contributed by atoms with Crippen LogP contribution in [-0.4, -0.2) is 47.0 Å². The molecule has 2 unspecified atom stereocenters. The summed E-state index contributed by atoms with van der Waals surface area (Å²) < 4.78 is 10.2. The molecule has 2 amide bonds. The number of nitrogens with one attached hydrogen (secondary N) is 2. The molecule has 10 heteroatoms. The number of carboxylic acid groups (broad SMARTS) is 1. The summed E-state index contributed by atoms with van der Waals surface area (Å²) in [6, 6.07) is 22.8. The largest absolute Gasteiger partial charge is 0.478 e. The van der Waals surface area contributed by atoms with Gasteiger partial charge in [-0.1, -0.05) is 54.6 Å². The van der Waals surface area contributed by atoms with Gasteiger partial charge in [0.2, 0.25) is 12.2 Å². The van der Waals surface area contributed by atoms with Crippen LogP contribution in [0.2, 0.25) is 0 Å². The first-order valence-electron chi connectivity index (χ1n) is 10.3. The fourth-order valence-corrected chi connectivity index (χ4v) is 2.86. The highest BCUT2D eigenvalue weighted by molar-refractivity contribution is 5.99. The monoisotopic (exact) mass is 476 g/mol. The molecular weight excluding hydrogens is 456 g/mol. The molecule has 0 aliphatic heterocycles. The Bertz CT molecular complexity index is 1200. The Labute approximate surface area is 199 Å². The molecule has 0 saturated carbocycles. The van der Waals surface area contributed by atoms with Crippen LogP contribution in [0.1, 0.15) is 31.1 Å². The Kier molecular flexibility index (Phi) is 8.28. The van der Waals surface area contributed by atoms with Crippen molar-refractivity contribution in [1.82, 2.24) is 10.9 Å². The summed E-state index contributed by atoms with van der Waals surface area (Å²) in [7, 11) is 0. The number of carboxylic acids is 1. The number of hydrogen-bond donors (Lipinski definition) is 3. The number of ether oxygens (including phenoxy) is 2. The SMILES string of the molecule is O=C(NNC(=O)C(OC(=O)c1ccccc1)C(OC(=O)c1ccccc1)C(=O)O)c1ccccc1. The van der Waals surface area contributed by atoms with Crippen LogP contribution in [0, 0.1) is 0 Å². The van der Waals surface area contributed by atoms with Crippen molar-refractivity contribution in [3.8, 4) is 0 Å². The molecule has 3 aromatic rings. The third kappa shape index (κ3) is 6.75. The third-order valence-corrected chi connectivity index (χ3v) is 4.60. The molecular formula is C25H20N2O8. The first-order chi connectivity index (χ1) is 16.9. The maximum atomic E-state index is 12.9. The van der Waals surface area contributed by atoms with Crippen molar-refractivity contribution < 1.29 is 38.6 Å². The lowest BCUT2D eigenvalue weighted by Gasteiger charge is -2.23. The molecule has 0 aliphatic rings. The first kappa shape index (κ1) is 24.6. The highest BCUT2D eigenvalue weighted by atomic mass is 16.6. The minimum absolute atomic E-state index is 0.0182. The summed E-state index contributed by atoms with van der Waals surface area (Å²) in [5, 5.41) is 9.69. The predicted octanol–water partition coefficient (Wildman–Crippen LogP) is 1.98. The van der Waals surface area contributed by atoms with E-state index in [0.717, 1.165) is 0 Å². The molecule has 0 bridgehead atoms. The van der Waals surface area contributed by atoms with Crippen LogP contribution in [0.4, 0.5) is 0 Å². The molecule has 0 aliphatic carbocycles. The molecule has 0 aromatic heterocycles. The molecule has 178 valence electrons. The van der Waals surface area contributed by atoms with Crippen molar-refractivity contribution in [2.45, 2.75) is 12.2 Å². The smallest absolute Gasteiger partial charge is 0.349 e. The Morgan fingerprint density at radius 3 is 1.40 bits per heavy atom. The van der Waals surface area contributed by atoms with Crippen LogP contribution in [0.3, 0.4) is 0 Å². The third-order valence-electron chi connectivity index (χ3n) is 4.60. The van der Waals surface area contributed by atoms with Crippen LogP contribution < -0.4 is 10.9 Å². The molecule has 3 N–H and O–H groups in total. The number of carbonyl (C=O) groups is 5. The van der Waals surface area contributed by atoms with Gasteiger partial charge in [0.25, 0.3) is 11.8 Å². The highest BCUT2D eigenvalue weighted by Crippen LogP contribution is 2.13. The number of amides is 2. The van der Waals surface area contributed by atoms with Gasteiger partial charge in [-0.05, 0) is 36.4 Å². The number of hydrogen-bond acceptors (Lipinski definition) is 7. The van der Waals surface area contributed by atoms with Gasteiger partial charge in [-0.3, -0.25) is 20.4 Å². The number of aliphatic carboxylic acids is 1. The Hall–Kier alpha value is -4.99. The molecule has 10 nitrogen and oxygen atoms in total. The second kappa shape index (κ2) is 11.8. The van der Waals surface area contributed by atoms with E-state index in [9.17, 15) is 29.1 Å². The molecule has 0 radical (unpaired) electrons. The van der Waals surface area contributed by atoms with E-state index < -0.39 is 41.9 Å². The van der Waals surface area contributed by atoms with Crippen LogP contribution in [0.5, 0.6) is 0 Å². The van der Waals surface area contributed by atoms with Gasteiger partial charge in [-0.25, -0.2) is 14.4 Å². The molecule has 0 heterocycles. The average molecular weight is 476 g/mol. The summed E-state index contributed by atoms with van der Waals surface area (Å²) in [5.74, 6) is -5.78. The lowest BCUT2D eigenvalue weighted by atomic mass is 10.1. The van der Waals surface area contributed by atoms with Crippen molar-refractivity contribution in [1.29, 1.82) is 0 Å². The number of carbonyl (C=O) groups excluding carboxylic acids is 4. The molecule has 35 heavy (non-hydrogen) atoms. The average Bonchev–Trinajstić information content (AvgIpc) is 2.90. The maximum Gasteiger partial charge on any atom is 0.349 e. The summed E-state index contributed by atoms with van der Waals surface area (Å²) in [6.45, 7) is 0. The van der Waals surface area contributed by atoms with Gasteiger partial charge < -0.3 is 14.6 Å². The molecule has 3 rings (SSSR count). The van der Waals surface area contributed by atoms with Gasteiger partial charge in [0, 0.05) is 5.56 Å². The fourth-order valence-electron chi connectivity index (χ4n) is 2.86. The van der Waals surface area contributed by atoms with E-state index in [1.807, 2.05) is 5.43 Å². The van der Waals surface area contributed by atoms with Crippen molar-refractivity contribution in [3.63, 3.8) is 0 Å². The quantitative estimate of drug-likeness (QED) is 0.330. The number of hydrazine groups is 1. The van der Waals surface area contributed by atoms with Gasteiger partial charge >= 0.3 is 17.9 Å². The van der Waals surface area contributed by atoms with Crippen molar-refractivity contribution in [2.75, 3.05) is 0 Å². The number of esters is 2. The summed E-state index contributed by atoms with van der Waals surface area (Å²) in [5.41, 5.74) is 4.37. The Morgan fingerprint density at radius 2 is 0.971 bits per heavy atom. The Morgan fingerprint density at radius 1 is 0.571 bits per heavy atom. The molecule has 2 atom stereocenters. The van der Waals surface area contributed by atoms with Crippen LogP contribution >= 0.6 is 0 Å². The van der Waals surface area contributed by atoms with Gasteiger partial charge in [-0.15, -0.1) is 0 Å². The topological polar surface area (TPSA) is 148 Å². The summed E-state index contributed by atoms with van der Waals surface area (Å²) >= 11 is 0. The summed E-state index contributed by atoms with van der Waals surface area (Å²) in [4.78, 5) is 62.1. The van der Waals surface area contributed by atoms with E-state index in [4.69, 9.17) is 9.47 Å². The van der Waals surface area contributed by atoms with E-state index >= 15 is 0 Å². The van der Waals surface area contributed by atoms with Gasteiger partial charge in [-0.2, -0.15) is 0 Å². The predicted molar refractivity (Wildman–Crippen MR) is 121 cm³/mol. The zero-order chi connectivity index (χ0) is 25.2. The van der Waals surface area contributed by atoms with Gasteiger partial charge in [0.15, 0.2) is 0 Å². The van der Waals surface area contributed by atoms with E-state index in [0.29, 0.717) is 0 Å². The van der Waals surface area contributed by atoms with Crippen molar-refractivity contribution in [2.24, 2.45) is 0 Å². The molecule has 0 saturated heterocycles. The maximum absolute atomic E-state index is 12.9.